The predicted octanol–water partition coefficient (Wildman–Crippen LogP) is 0.263. The van der Waals surface area contributed by atoms with Gasteiger partial charge in [0, 0.05) is 18.1 Å². The summed E-state index contributed by atoms with van der Waals surface area (Å²) >= 11 is 5.48. The van der Waals surface area contributed by atoms with Gasteiger partial charge in [0.15, 0.2) is 0 Å². The van der Waals surface area contributed by atoms with Crippen LogP contribution in [-0.4, -0.2) is 22.2 Å². The van der Waals surface area contributed by atoms with Gasteiger partial charge in [0.25, 0.3) is 11.5 Å². The van der Waals surface area contributed by atoms with E-state index in [0.717, 1.165) is 4.68 Å². The van der Waals surface area contributed by atoms with E-state index in [2.05, 4.69) is 17.0 Å². The molecule has 0 saturated carbocycles. The number of amides is 1. The van der Waals surface area contributed by atoms with E-state index >= 15 is 0 Å². The lowest BCUT2D eigenvalue weighted by Crippen LogP contribution is -2.29. The highest BCUT2D eigenvalue weighted by molar-refractivity contribution is 6.29. The number of nitrogens with one attached hydrogen (secondary N) is 1. The maximum absolute atomic E-state index is 11.4. The van der Waals surface area contributed by atoms with E-state index < -0.39 is 5.91 Å². The molecule has 6 heteroatoms. The first-order chi connectivity index (χ1) is 7.00. The lowest BCUT2D eigenvalue weighted by atomic mass is 10.3. The molecule has 0 bridgehead atoms. The van der Waals surface area contributed by atoms with Gasteiger partial charge in [0.1, 0.15) is 5.69 Å². The number of aromatic nitrogens is 2. The molecule has 1 heterocycles. The molecule has 0 aromatic carbocycles. The van der Waals surface area contributed by atoms with Gasteiger partial charge in [-0.1, -0.05) is 18.2 Å². The first-order valence-corrected chi connectivity index (χ1v) is 4.54. The van der Waals surface area contributed by atoms with Crippen LogP contribution in [0.1, 0.15) is 10.5 Å². The van der Waals surface area contributed by atoms with Crippen LogP contribution in [0.4, 0.5) is 0 Å². The van der Waals surface area contributed by atoms with Crippen molar-refractivity contribution in [1.29, 1.82) is 0 Å². The summed E-state index contributed by atoms with van der Waals surface area (Å²) in [5, 5.41) is 6.59. The van der Waals surface area contributed by atoms with Gasteiger partial charge in [-0.15, -0.1) is 0 Å². The molecule has 1 aromatic heterocycles. The summed E-state index contributed by atoms with van der Waals surface area (Å²) in [5.74, 6) is -0.396. The van der Waals surface area contributed by atoms with Crippen molar-refractivity contribution >= 4 is 17.5 Å². The van der Waals surface area contributed by atoms with E-state index in [-0.39, 0.29) is 17.8 Å². The van der Waals surface area contributed by atoms with Gasteiger partial charge < -0.3 is 5.32 Å². The second-order valence-electron chi connectivity index (χ2n) is 2.88. The van der Waals surface area contributed by atoms with Gasteiger partial charge in [0.05, 0.1) is 6.54 Å². The zero-order valence-electron chi connectivity index (χ0n) is 8.16. The molecule has 1 rings (SSSR count). The van der Waals surface area contributed by atoms with Crippen LogP contribution in [-0.2, 0) is 7.05 Å². The topological polar surface area (TPSA) is 64.0 Å². The molecule has 0 fully saturated rings. The van der Waals surface area contributed by atoms with Gasteiger partial charge in [-0.2, -0.15) is 5.10 Å². The number of hydrogen-bond acceptors (Lipinski definition) is 3. The van der Waals surface area contributed by atoms with Crippen molar-refractivity contribution in [1.82, 2.24) is 15.1 Å². The molecule has 80 valence electrons. The highest BCUT2D eigenvalue weighted by Gasteiger charge is 2.07. The Hall–Kier alpha value is -1.62. The molecule has 0 saturated heterocycles. The molecule has 15 heavy (non-hydrogen) atoms. The van der Waals surface area contributed by atoms with Crippen LogP contribution in [0.3, 0.4) is 0 Å². The molecule has 0 spiro atoms. The zero-order chi connectivity index (χ0) is 11.4. The van der Waals surface area contributed by atoms with E-state index in [1.54, 1.807) is 0 Å². The Balaban J connectivity index is 2.78. The minimum atomic E-state index is -0.396. The molecule has 0 atom stereocenters. The molecular formula is C9H10ClN3O2. The number of nitrogens with zero attached hydrogens (tertiary/aromatic N) is 2. The van der Waals surface area contributed by atoms with Crippen molar-refractivity contribution in [2.24, 2.45) is 7.05 Å². The summed E-state index contributed by atoms with van der Waals surface area (Å²) in [6.45, 7) is 3.60. The molecule has 0 aliphatic heterocycles. The molecule has 0 radical (unpaired) electrons. The molecule has 1 N–H and O–H groups in total. The van der Waals surface area contributed by atoms with Gasteiger partial charge in [-0.3, -0.25) is 9.59 Å². The van der Waals surface area contributed by atoms with Crippen molar-refractivity contribution in [3.8, 4) is 0 Å². The summed E-state index contributed by atoms with van der Waals surface area (Å²) in [5.41, 5.74) is -0.108. The smallest absolute Gasteiger partial charge is 0.272 e. The molecular weight excluding hydrogens is 218 g/mol. The van der Waals surface area contributed by atoms with Crippen molar-refractivity contribution in [3.63, 3.8) is 0 Å². The number of carbonyl (C=O) groups is 1. The van der Waals surface area contributed by atoms with Gasteiger partial charge in [0.2, 0.25) is 0 Å². The molecule has 5 nitrogen and oxygen atoms in total. The van der Waals surface area contributed by atoms with Gasteiger partial charge in [-0.25, -0.2) is 4.68 Å². The summed E-state index contributed by atoms with van der Waals surface area (Å²) in [7, 11) is 1.47. The van der Waals surface area contributed by atoms with Crippen LogP contribution >= 0.6 is 11.6 Å². The number of aryl methyl sites for hydroxylation is 1. The minimum Gasteiger partial charge on any atom is -0.346 e. The van der Waals surface area contributed by atoms with Crippen molar-refractivity contribution in [3.05, 3.63) is 39.8 Å². The van der Waals surface area contributed by atoms with Gasteiger partial charge >= 0.3 is 0 Å². The Morgan fingerprint density at radius 1 is 1.67 bits per heavy atom. The van der Waals surface area contributed by atoms with E-state index in [4.69, 9.17) is 11.6 Å². The van der Waals surface area contributed by atoms with E-state index in [1.165, 1.54) is 19.2 Å². The predicted molar refractivity (Wildman–Crippen MR) is 56.8 cm³/mol. The van der Waals surface area contributed by atoms with Crippen LogP contribution < -0.4 is 10.9 Å². The van der Waals surface area contributed by atoms with Crippen LogP contribution in [0, 0.1) is 0 Å². The number of halogens is 1. The average Bonchev–Trinajstić information content (AvgIpc) is 2.18. The van der Waals surface area contributed by atoms with Crippen molar-refractivity contribution in [2.45, 2.75) is 0 Å². The zero-order valence-corrected chi connectivity index (χ0v) is 8.91. The third kappa shape index (κ3) is 3.21. The van der Waals surface area contributed by atoms with Crippen molar-refractivity contribution in [2.75, 3.05) is 6.54 Å². The molecule has 0 unspecified atom stereocenters. The summed E-state index contributed by atoms with van der Waals surface area (Å²) in [4.78, 5) is 22.4. The standard InChI is InChI=1S/C9H10ClN3O2/c1-6(10)5-11-9(15)7-3-4-8(14)13(2)12-7/h3-4H,1,5H2,2H3,(H,11,15). The van der Waals surface area contributed by atoms with Gasteiger partial charge in [-0.05, 0) is 6.07 Å². The summed E-state index contributed by atoms with van der Waals surface area (Å²) in [6.07, 6.45) is 0. The quantitative estimate of drug-likeness (QED) is 0.806. The lowest BCUT2D eigenvalue weighted by molar-refractivity contribution is 0.0950. The maximum Gasteiger partial charge on any atom is 0.272 e. The normalized spacial score (nSPS) is 9.73. The molecule has 0 aliphatic carbocycles. The first-order valence-electron chi connectivity index (χ1n) is 4.16. The number of rotatable bonds is 3. The summed E-state index contributed by atoms with van der Waals surface area (Å²) < 4.78 is 1.09. The Morgan fingerprint density at radius 3 is 2.87 bits per heavy atom. The average molecular weight is 228 g/mol. The SMILES string of the molecule is C=C(Cl)CNC(=O)c1ccc(=O)n(C)n1. The molecule has 1 amide bonds. The lowest BCUT2D eigenvalue weighted by Gasteiger charge is -2.03. The van der Waals surface area contributed by atoms with Crippen LogP contribution in [0.25, 0.3) is 0 Å². The Kier molecular flexibility index (Phi) is 3.62. The highest BCUT2D eigenvalue weighted by Crippen LogP contribution is 1.95. The largest absolute Gasteiger partial charge is 0.346 e. The highest BCUT2D eigenvalue weighted by atomic mass is 35.5. The fraction of sp³-hybridized carbons (Fsp3) is 0.222. The van der Waals surface area contributed by atoms with Crippen molar-refractivity contribution < 1.29 is 4.79 Å². The Morgan fingerprint density at radius 2 is 2.33 bits per heavy atom. The van der Waals surface area contributed by atoms with E-state index in [9.17, 15) is 9.59 Å². The Bertz CT molecular complexity index is 453. The first kappa shape index (κ1) is 11.5. The minimum absolute atomic E-state index is 0.162. The van der Waals surface area contributed by atoms with Crippen LogP contribution in [0.5, 0.6) is 0 Å². The van der Waals surface area contributed by atoms with E-state index in [0.29, 0.717) is 5.03 Å². The third-order valence-electron chi connectivity index (χ3n) is 1.63. The molecule has 1 aromatic rings. The summed E-state index contributed by atoms with van der Waals surface area (Å²) in [6, 6.07) is 2.63. The van der Waals surface area contributed by atoms with E-state index in [1.807, 2.05) is 0 Å². The number of hydrogen-bond donors (Lipinski definition) is 1. The monoisotopic (exact) mass is 227 g/mol. The maximum atomic E-state index is 11.4. The fourth-order valence-electron chi connectivity index (χ4n) is 0.890. The second-order valence-corrected chi connectivity index (χ2v) is 3.41. The van der Waals surface area contributed by atoms with Crippen LogP contribution in [0.2, 0.25) is 0 Å². The van der Waals surface area contributed by atoms with Crippen LogP contribution in [0.15, 0.2) is 28.5 Å². The molecule has 0 aliphatic rings. The Labute approximate surface area is 91.4 Å². The fourth-order valence-corrected chi connectivity index (χ4v) is 0.957. The third-order valence-corrected chi connectivity index (χ3v) is 1.77. The second kappa shape index (κ2) is 4.75. The number of carbonyl (C=O) groups excluding carboxylic acids is 1.